The average molecular weight is 849 g/mol. The lowest BCUT2D eigenvalue weighted by molar-refractivity contribution is -0.147. The summed E-state index contributed by atoms with van der Waals surface area (Å²) in [6.45, 7) is 11.2. The van der Waals surface area contributed by atoms with Gasteiger partial charge in [-0.15, -0.1) is 0 Å². The Bertz CT molecular complexity index is 1410. The second kappa shape index (κ2) is 31.5. The molecular weight excluding hydrogens is 765 g/mol. The molecule has 0 amide bonds. The molecule has 1 aliphatic heterocycles. The molecule has 0 saturated carbocycles. The van der Waals surface area contributed by atoms with Gasteiger partial charge in [0.05, 0.1) is 0 Å². The molecule has 3 N–H and O–H groups in total. The zero-order valence-electron chi connectivity index (χ0n) is 38.5. The monoisotopic (exact) mass is 849 g/mol. The summed E-state index contributed by atoms with van der Waals surface area (Å²) < 4.78 is 0. The first-order valence-electron chi connectivity index (χ1n) is 24.5. The van der Waals surface area contributed by atoms with E-state index >= 15 is 0 Å². The van der Waals surface area contributed by atoms with Crippen LogP contribution in [0.4, 0.5) is 0 Å². The molecule has 0 bridgehead atoms. The van der Waals surface area contributed by atoms with Crippen molar-refractivity contribution < 1.29 is 29.7 Å². The highest BCUT2D eigenvalue weighted by molar-refractivity contribution is 5.74. The van der Waals surface area contributed by atoms with Gasteiger partial charge in [-0.1, -0.05) is 191 Å². The van der Waals surface area contributed by atoms with Crippen molar-refractivity contribution in [2.75, 3.05) is 52.4 Å². The molecule has 0 aliphatic carbocycles. The largest absolute Gasteiger partial charge is 0.480 e. The third kappa shape index (κ3) is 20.6. The molecule has 2 aromatic rings. The van der Waals surface area contributed by atoms with Gasteiger partial charge in [0.25, 0.3) is 0 Å². The molecule has 1 aliphatic rings. The quantitative estimate of drug-likeness (QED) is 0.0655. The first-order chi connectivity index (χ1) is 29.7. The first kappa shape index (κ1) is 52.0. The van der Waals surface area contributed by atoms with Crippen LogP contribution in [0.1, 0.15) is 161 Å². The molecule has 0 spiro atoms. The summed E-state index contributed by atoms with van der Waals surface area (Å²) in [6.07, 6.45) is 21.0. The summed E-state index contributed by atoms with van der Waals surface area (Å²) in [6, 6.07) is 16.9. The number of rotatable bonds is 30. The third-order valence-corrected chi connectivity index (χ3v) is 12.9. The van der Waals surface area contributed by atoms with Crippen molar-refractivity contribution in [3.8, 4) is 11.1 Å². The van der Waals surface area contributed by atoms with E-state index in [1.807, 2.05) is 23.1 Å². The van der Waals surface area contributed by atoms with Crippen LogP contribution in [0.15, 0.2) is 54.6 Å². The molecule has 3 unspecified atom stereocenters. The number of unbranched alkanes of at least 4 members (excludes halogenated alkanes) is 15. The Morgan fingerprint density at radius 2 is 0.738 bits per heavy atom. The van der Waals surface area contributed by atoms with Crippen molar-refractivity contribution in [2.24, 2.45) is 0 Å². The van der Waals surface area contributed by atoms with Crippen molar-refractivity contribution in [3.05, 3.63) is 60.2 Å². The Labute approximate surface area is 370 Å². The maximum absolute atomic E-state index is 13.1. The van der Waals surface area contributed by atoms with E-state index in [2.05, 4.69) is 71.9 Å². The summed E-state index contributed by atoms with van der Waals surface area (Å²) in [4.78, 5) is 47.8. The molecule has 0 radical (unpaired) electrons. The fourth-order valence-electron chi connectivity index (χ4n) is 9.03. The first-order valence-corrected chi connectivity index (χ1v) is 24.5. The number of carbonyl (C=O) groups is 3. The van der Waals surface area contributed by atoms with Gasteiger partial charge in [0.2, 0.25) is 0 Å². The van der Waals surface area contributed by atoms with Crippen molar-refractivity contribution in [3.63, 3.8) is 0 Å². The van der Waals surface area contributed by atoms with Crippen LogP contribution in [0, 0.1) is 0 Å². The van der Waals surface area contributed by atoms with Gasteiger partial charge in [-0.05, 0) is 36.0 Å². The Balaban J connectivity index is 1.93. The van der Waals surface area contributed by atoms with Gasteiger partial charge in [0, 0.05) is 58.9 Å². The van der Waals surface area contributed by atoms with E-state index in [1.165, 1.54) is 44.9 Å². The topological polar surface area (TPSA) is 125 Å². The molecule has 0 aromatic heterocycles. The van der Waals surface area contributed by atoms with Gasteiger partial charge in [-0.2, -0.15) is 0 Å². The summed E-state index contributed by atoms with van der Waals surface area (Å²) in [7, 11) is 0. The highest BCUT2D eigenvalue weighted by Gasteiger charge is 2.32. The molecule has 1 saturated heterocycles. The van der Waals surface area contributed by atoms with Gasteiger partial charge in [0.1, 0.15) is 18.1 Å². The smallest absolute Gasteiger partial charge is 0.320 e. The second-order valence-corrected chi connectivity index (χ2v) is 17.7. The van der Waals surface area contributed by atoms with Gasteiger partial charge < -0.3 is 15.3 Å². The van der Waals surface area contributed by atoms with E-state index in [1.54, 1.807) is 0 Å². The molecule has 2 aromatic carbocycles. The highest BCUT2D eigenvalue weighted by atomic mass is 16.4. The maximum Gasteiger partial charge on any atom is 0.320 e. The van der Waals surface area contributed by atoms with E-state index < -0.39 is 36.0 Å². The number of hydrogen-bond acceptors (Lipinski definition) is 7. The van der Waals surface area contributed by atoms with Crippen LogP contribution < -0.4 is 0 Å². The minimum Gasteiger partial charge on any atom is -0.480 e. The van der Waals surface area contributed by atoms with E-state index in [0.29, 0.717) is 78.2 Å². The van der Waals surface area contributed by atoms with Gasteiger partial charge >= 0.3 is 17.9 Å². The molecule has 3 atom stereocenters. The number of aliphatic carboxylic acids is 3. The minimum absolute atomic E-state index is 0.414. The van der Waals surface area contributed by atoms with Crippen LogP contribution in [0.25, 0.3) is 11.1 Å². The van der Waals surface area contributed by atoms with Crippen LogP contribution in [0.2, 0.25) is 0 Å². The fourth-order valence-corrected chi connectivity index (χ4v) is 9.03. The predicted molar refractivity (Wildman–Crippen MR) is 250 cm³/mol. The molecular formula is C51H84N4O6. The zero-order valence-corrected chi connectivity index (χ0v) is 38.5. The van der Waals surface area contributed by atoms with Crippen molar-refractivity contribution in [1.29, 1.82) is 0 Å². The lowest BCUT2D eigenvalue weighted by Crippen LogP contribution is -2.54. The normalized spacial score (nSPS) is 17.0. The van der Waals surface area contributed by atoms with Crippen molar-refractivity contribution in [1.82, 2.24) is 19.6 Å². The van der Waals surface area contributed by atoms with Gasteiger partial charge in [0.15, 0.2) is 0 Å². The van der Waals surface area contributed by atoms with Crippen LogP contribution in [-0.2, 0) is 20.9 Å². The number of nitrogens with zero attached hydrogens (tertiary/aromatic N) is 4. The van der Waals surface area contributed by atoms with Gasteiger partial charge in [-0.25, -0.2) is 0 Å². The van der Waals surface area contributed by atoms with Crippen LogP contribution in [-0.4, -0.2) is 123 Å². The summed E-state index contributed by atoms with van der Waals surface area (Å²) in [5.74, 6) is -2.49. The lowest BCUT2D eigenvalue weighted by atomic mass is 10.0. The van der Waals surface area contributed by atoms with E-state index in [9.17, 15) is 29.7 Å². The number of benzene rings is 2. The second-order valence-electron chi connectivity index (χ2n) is 17.7. The highest BCUT2D eigenvalue weighted by Crippen LogP contribution is 2.22. The van der Waals surface area contributed by atoms with E-state index in [-0.39, 0.29) is 0 Å². The summed E-state index contributed by atoms with van der Waals surface area (Å²) >= 11 is 0. The Hall–Kier alpha value is -3.31. The van der Waals surface area contributed by atoms with Crippen LogP contribution in [0.5, 0.6) is 0 Å². The maximum atomic E-state index is 13.1. The van der Waals surface area contributed by atoms with Crippen molar-refractivity contribution in [2.45, 2.75) is 180 Å². The Morgan fingerprint density at radius 3 is 1.08 bits per heavy atom. The lowest BCUT2D eigenvalue weighted by Gasteiger charge is -2.39. The SMILES string of the molecule is CCCCCCCCC(C(=O)O)N1CCN(Cc2ccc(-c3ccccc3)cc2)CCN(C(CCCCCCCC)C(=O)O)CCN(C(CCCCCCCC)C(=O)O)CC1. The van der Waals surface area contributed by atoms with Crippen molar-refractivity contribution >= 4 is 17.9 Å². The number of hydrogen-bond donors (Lipinski definition) is 3. The summed E-state index contributed by atoms with van der Waals surface area (Å²) in [5.41, 5.74) is 3.46. The molecule has 344 valence electrons. The zero-order chi connectivity index (χ0) is 44.1. The van der Waals surface area contributed by atoms with E-state index in [0.717, 1.165) is 87.3 Å². The standard InChI is InChI=1S/C51H84N4O6/c1-4-7-10-13-16-22-27-46(49(56)57)53-36-34-52(42-43-30-32-45(33-31-43)44-25-20-19-21-26-44)35-37-54(47(50(58)59)28-23-17-14-11-8-5-2)39-41-55(40-38-53)48(51(60)61)29-24-18-15-12-9-6-3/h19-21,25-26,30-33,46-48H,4-18,22-24,27-29,34-42H2,1-3H3,(H,56,57)(H,58,59)(H,60,61). The molecule has 1 heterocycles. The number of carboxylic acid groups (broad SMARTS) is 3. The fraction of sp³-hybridized carbons (Fsp3) is 0.706. The number of carboxylic acids is 3. The summed E-state index contributed by atoms with van der Waals surface area (Å²) in [5, 5.41) is 32.1. The molecule has 61 heavy (non-hydrogen) atoms. The minimum atomic E-state index is -0.855. The molecule has 3 rings (SSSR count). The third-order valence-electron chi connectivity index (χ3n) is 12.9. The predicted octanol–water partition coefficient (Wildman–Crippen LogP) is 10.7. The molecule has 1 fully saturated rings. The van der Waals surface area contributed by atoms with Crippen LogP contribution >= 0.6 is 0 Å². The molecule has 10 nitrogen and oxygen atoms in total. The van der Waals surface area contributed by atoms with Gasteiger partial charge in [-0.3, -0.25) is 34.0 Å². The van der Waals surface area contributed by atoms with E-state index in [4.69, 9.17) is 0 Å². The molecule has 10 heteroatoms. The Kier molecular flexibility index (Phi) is 26.9. The average Bonchev–Trinajstić information content (AvgIpc) is 3.25. The Morgan fingerprint density at radius 1 is 0.426 bits per heavy atom. The van der Waals surface area contributed by atoms with Crippen LogP contribution in [0.3, 0.4) is 0 Å².